The Morgan fingerprint density at radius 3 is 2.53 bits per heavy atom. The number of aromatic amines is 1. The third-order valence-corrected chi connectivity index (χ3v) is 1.95. The lowest BCUT2D eigenvalue weighted by Gasteiger charge is -2.07. The standard InChI is InChI=1S/C9H16N6O2/c1-5(2)7(16)11-3-4-12-8(17)6-13-9(10)15-14-6/h5H,3-4H2,1-2H3,(H,11,16)(H,12,17)(H3,10,13,14,15). The molecular weight excluding hydrogens is 224 g/mol. The Bertz CT molecular complexity index is 400. The normalized spacial score (nSPS) is 10.3. The van der Waals surface area contributed by atoms with Crippen molar-refractivity contribution in [3.05, 3.63) is 5.82 Å². The molecule has 0 aliphatic rings. The van der Waals surface area contributed by atoms with Gasteiger partial charge in [-0.25, -0.2) is 0 Å². The third-order valence-electron chi connectivity index (χ3n) is 1.95. The minimum atomic E-state index is -0.409. The number of carbonyl (C=O) groups excluding carboxylic acids is 2. The third kappa shape index (κ3) is 4.09. The number of aromatic nitrogens is 3. The van der Waals surface area contributed by atoms with Crippen molar-refractivity contribution < 1.29 is 9.59 Å². The van der Waals surface area contributed by atoms with Crippen molar-refractivity contribution in [2.24, 2.45) is 5.92 Å². The Kier molecular flexibility index (Phi) is 4.44. The predicted molar refractivity (Wildman–Crippen MR) is 61.0 cm³/mol. The Hall–Kier alpha value is -2.12. The molecule has 0 unspecified atom stereocenters. The van der Waals surface area contributed by atoms with Crippen LogP contribution < -0.4 is 16.4 Å². The van der Waals surface area contributed by atoms with Crippen LogP contribution in [0.25, 0.3) is 0 Å². The first-order valence-electron chi connectivity index (χ1n) is 5.24. The summed E-state index contributed by atoms with van der Waals surface area (Å²) in [5.74, 6) is -0.461. The molecule has 0 aliphatic carbocycles. The van der Waals surface area contributed by atoms with E-state index in [1.54, 1.807) is 13.8 Å². The van der Waals surface area contributed by atoms with Gasteiger partial charge in [0.1, 0.15) is 0 Å². The average Bonchev–Trinajstić information content (AvgIpc) is 2.70. The highest BCUT2D eigenvalue weighted by Crippen LogP contribution is 1.92. The van der Waals surface area contributed by atoms with Crippen LogP contribution in [0.5, 0.6) is 0 Å². The second kappa shape index (κ2) is 5.83. The van der Waals surface area contributed by atoms with Gasteiger partial charge in [0.25, 0.3) is 5.91 Å². The van der Waals surface area contributed by atoms with Crippen molar-refractivity contribution in [3.63, 3.8) is 0 Å². The number of carbonyl (C=O) groups is 2. The number of nitrogen functional groups attached to an aromatic ring is 1. The number of rotatable bonds is 5. The molecule has 8 heteroatoms. The van der Waals surface area contributed by atoms with Gasteiger partial charge < -0.3 is 16.4 Å². The van der Waals surface area contributed by atoms with E-state index in [4.69, 9.17) is 5.73 Å². The second-order valence-electron chi connectivity index (χ2n) is 3.74. The van der Waals surface area contributed by atoms with Crippen LogP contribution in [0, 0.1) is 5.92 Å². The molecule has 0 saturated carbocycles. The lowest BCUT2D eigenvalue weighted by Crippen LogP contribution is -2.36. The zero-order valence-corrected chi connectivity index (χ0v) is 9.78. The molecule has 0 radical (unpaired) electrons. The van der Waals surface area contributed by atoms with Gasteiger partial charge >= 0.3 is 0 Å². The molecule has 1 aromatic rings. The first-order valence-corrected chi connectivity index (χ1v) is 5.24. The van der Waals surface area contributed by atoms with Gasteiger partial charge in [-0.15, -0.1) is 5.10 Å². The van der Waals surface area contributed by atoms with Crippen molar-refractivity contribution in [3.8, 4) is 0 Å². The van der Waals surface area contributed by atoms with Crippen LogP contribution >= 0.6 is 0 Å². The van der Waals surface area contributed by atoms with E-state index in [9.17, 15) is 9.59 Å². The second-order valence-corrected chi connectivity index (χ2v) is 3.74. The number of H-pyrrole nitrogens is 1. The summed E-state index contributed by atoms with van der Waals surface area (Å²) in [4.78, 5) is 26.3. The van der Waals surface area contributed by atoms with E-state index in [0.717, 1.165) is 0 Å². The lowest BCUT2D eigenvalue weighted by molar-refractivity contribution is -0.123. The predicted octanol–water partition coefficient (Wildman–Crippen LogP) is -1.11. The molecule has 8 nitrogen and oxygen atoms in total. The van der Waals surface area contributed by atoms with Crippen LogP contribution in [0.1, 0.15) is 24.5 Å². The van der Waals surface area contributed by atoms with E-state index in [2.05, 4.69) is 25.8 Å². The first-order chi connectivity index (χ1) is 8.00. The van der Waals surface area contributed by atoms with Crippen molar-refractivity contribution in [1.29, 1.82) is 0 Å². The molecule has 0 spiro atoms. The number of nitrogens with zero attached hydrogens (tertiary/aromatic N) is 2. The molecule has 0 saturated heterocycles. The van der Waals surface area contributed by atoms with Gasteiger partial charge in [-0.05, 0) is 0 Å². The minimum Gasteiger partial charge on any atom is -0.366 e. The zero-order valence-electron chi connectivity index (χ0n) is 9.78. The number of nitrogens with two attached hydrogens (primary N) is 1. The quantitative estimate of drug-likeness (QED) is 0.485. The van der Waals surface area contributed by atoms with E-state index >= 15 is 0 Å². The SMILES string of the molecule is CC(C)C(=O)NCCNC(=O)c1nc(N)n[nH]1. The topological polar surface area (TPSA) is 126 Å². The summed E-state index contributed by atoms with van der Waals surface area (Å²) >= 11 is 0. The molecule has 1 heterocycles. The van der Waals surface area contributed by atoms with E-state index in [1.807, 2.05) is 0 Å². The van der Waals surface area contributed by atoms with Crippen LogP contribution in [0.3, 0.4) is 0 Å². The number of hydrogen-bond acceptors (Lipinski definition) is 5. The number of hydrogen-bond donors (Lipinski definition) is 4. The van der Waals surface area contributed by atoms with Crippen molar-refractivity contribution in [1.82, 2.24) is 25.8 Å². The van der Waals surface area contributed by atoms with Crippen LogP contribution in [0.4, 0.5) is 5.95 Å². The van der Waals surface area contributed by atoms with Crippen LogP contribution in [0.15, 0.2) is 0 Å². The fourth-order valence-corrected chi connectivity index (χ4v) is 1.03. The highest BCUT2D eigenvalue weighted by Gasteiger charge is 2.10. The molecule has 1 aromatic heterocycles. The van der Waals surface area contributed by atoms with Crippen molar-refractivity contribution in [2.45, 2.75) is 13.8 Å². The minimum absolute atomic E-state index is 0.0169. The summed E-state index contributed by atoms with van der Waals surface area (Å²) in [6, 6.07) is 0. The maximum atomic E-state index is 11.4. The first kappa shape index (κ1) is 12.9. The number of nitrogens with one attached hydrogen (secondary N) is 3. The Labute approximate surface area is 98.4 Å². The maximum Gasteiger partial charge on any atom is 0.288 e. The summed E-state index contributed by atoms with van der Waals surface area (Å²) in [6.07, 6.45) is 0. The van der Waals surface area contributed by atoms with E-state index in [0.29, 0.717) is 13.1 Å². The van der Waals surface area contributed by atoms with Crippen molar-refractivity contribution >= 4 is 17.8 Å². The van der Waals surface area contributed by atoms with Gasteiger partial charge in [0.05, 0.1) is 0 Å². The Balaban J connectivity index is 2.23. The van der Waals surface area contributed by atoms with Gasteiger partial charge in [-0.1, -0.05) is 13.8 Å². The molecule has 2 amide bonds. The molecule has 17 heavy (non-hydrogen) atoms. The number of anilines is 1. The van der Waals surface area contributed by atoms with Crippen LogP contribution in [-0.2, 0) is 4.79 Å². The fourth-order valence-electron chi connectivity index (χ4n) is 1.03. The van der Waals surface area contributed by atoms with E-state index in [1.165, 1.54) is 0 Å². The van der Waals surface area contributed by atoms with Crippen LogP contribution in [-0.4, -0.2) is 40.1 Å². The molecule has 0 bridgehead atoms. The molecule has 1 rings (SSSR count). The summed E-state index contributed by atoms with van der Waals surface area (Å²) in [6.45, 7) is 4.28. The summed E-state index contributed by atoms with van der Waals surface area (Å²) in [5.41, 5.74) is 5.25. The van der Waals surface area contributed by atoms with E-state index < -0.39 is 5.91 Å². The Morgan fingerprint density at radius 1 is 1.35 bits per heavy atom. The van der Waals surface area contributed by atoms with Crippen LogP contribution in [0.2, 0.25) is 0 Å². The van der Waals surface area contributed by atoms with E-state index in [-0.39, 0.29) is 23.6 Å². The smallest absolute Gasteiger partial charge is 0.288 e. The Morgan fingerprint density at radius 2 is 2.00 bits per heavy atom. The van der Waals surface area contributed by atoms with Gasteiger partial charge in [0, 0.05) is 19.0 Å². The van der Waals surface area contributed by atoms with Gasteiger partial charge in [-0.3, -0.25) is 14.7 Å². The molecular formula is C9H16N6O2. The maximum absolute atomic E-state index is 11.4. The number of amides is 2. The molecule has 0 aromatic carbocycles. The zero-order chi connectivity index (χ0) is 12.8. The van der Waals surface area contributed by atoms with Gasteiger partial charge in [-0.2, -0.15) is 4.98 Å². The monoisotopic (exact) mass is 240 g/mol. The summed E-state index contributed by atoms with van der Waals surface area (Å²) in [5, 5.41) is 11.1. The average molecular weight is 240 g/mol. The molecule has 0 aliphatic heterocycles. The van der Waals surface area contributed by atoms with Gasteiger partial charge in [0.2, 0.25) is 17.7 Å². The van der Waals surface area contributed by atoms with Gasteiger partial charge in [0.15, 0.2) is 0 Å². The molecule has 94 valence electrons. The fraction of sp³-hybridized carbons (Fsp3) is 0.556. The summed E-state index contributed by atoms with van der Waals surface area (Å²) < 4.78 is 0. The van der Waals surface area contributed by atoms with Crippen molar-refractivity contribution in [2.75, 3.05) is 18.8 Å². The highest BCUT2D eigenvalue weighted by molar-refractivity contribution is 5.90. The highest BCUT2D eigenvalue weighted by atomic mass is 16.2. The molecule has 0 fully saturated rings. The molecule has 0 atom stereocenters. The lowest BCUT2D eigenvalue weighted by atomic mass is 10.2. The molecule has 5 N–H and O–H groups in total. The summed E-state index contributed by atoms with van der Waals surface area (Å²) in [7, 11) is 0. The largest absolute Gasteiger partial charge is 0.366 e.